The van der Waals surface area contributed by atoms with E-state index in [1.807, 2.05) is 0 Å². The van der Waals surface area contributed by atoms with Crippen LogP contribution in [-0.4, -0.2) is 30.7 Å². The highest BCUT2D eigenvalue weighted by Gasteiger charge is 2.22. The van der Waals surface area contributed by atoms with Crippen molar-refractivity contribution in [2.75, 3.05) is 11.3 Å². The van der Waals surface area contributed by atoms with Gasteiger partial charge < -0.3 is 14.4 Å². The van der Waals surface area contributed by atoms with Crippen molar-refractivity contribution in [3.05, 3.63) is 71.2 Å². The van der Waals surface area contributed by atoms with Crippen LogP contribution in [0.15, 0.2) is 53.9 Å². The Bertz CT molecular complexity index is 1290. The molecule has 1 unspecified atom stereocenters. The van der Waals surface area contributed by atoms with Gasteiger partial charge in [-0.3, -0.25) is 4.72 Å². The fourth-order valence-electron chi connectivity index (χ4n) is 3.29. The number of fused-ring (bicyclic) bond motifs is 6. The number of phenolic OH excluding ortho intramolecular Hbond substituents is 1. The number of halogens is 3. The Morgan fingerprint density at radius 3 is 2.84 bits per heavy atom. The van der Waals surface area contributed by atoms with Crippen molar-refractivity contribution in [2.24, 2.45) is 0 Å². The van der Waals surface area contributed by atoms with E-state index in [1.165, 1.54) is 24.5 Å². The molecule has 0 radical (unpaired) electrons. The van der Waals surface area contributed by atoms with Crippen LogP contribution in [0.4, 0.5) is 14.5 Å². The van der Waals surface area contributed by atoms with Crippen LogP contribution in [0.1, 0.15) is 12.5 Å². The number of ether oxygens (including phenoxy) is 1. The molecule has 2 N–H and O–H groups in total. The van der Waals surface area contributed by atoms with Gasteiger partial charge in [-0.25, -0.2) is 13.0 Å². The second-order valence-corrected chi connectivity index (χ2v) is 8.40. The topological polar surface area (TPSA) is 89.3 Å². The van der Waals surface area contributed by atoms with Crippen molar-refractivity contribution in [3.8, 4) is 17.1 Å². The summed E-state index contributed by atoms with van der Waals surface area (Å²) in [5, 5.41) is 18.3. The van der Waals surface area contributed by atoms with Crippen LogP contribution in [0.2, 0.25) is 5.02 Å². The minimum atomic E-state index is -2.15. The number of aromatic nitrogens is 3. The quantitative estimate of drug-likeness (QED) is 0.490. The normalized spacial score (nSPS) is 17.7. The first kappa shape index (κ1) is 22.0. The van der Waals surface area contributed by atoms with E-state index in [2.05, 4.69) is 21.5 Å². The summed E-state index contributed by atoms with van der Waals surface area (Å²) >= 11 is 6.15. The van der Waals surface area contributed by atoms with Crippen molar-refractivity contribution < 1.29 is 22.8 Å². The number of nitrogens with zero attached hydrogens (tertiary/aromatic N) is 3. The SMILES string of the molecule is C=C1OCCn2cnnc2-c2cc(Cl)c(O)c(c2)S(=O)Nc2cc(c(F)cc2F)/C1=C/C. The third-order valence-electron chi connectivity index (χ3n) is 4.85. The van der Waals surface area contributed by atoms with Gasteiger partial charge in [0.05, 0.1) is 17.3 Å². The van der Waals surface area contributed by atoms with Gasteiger partial charge in [-0.05, 0) is 25.1 Å². The summed E-state index contributed by atoms with van der Waals surface area (Å²) in [5.74, 6) is -1.68. The zero-order valence-corrected chi connectivity index (χ0v) is 18.3. The average Bonchev–Trinajstić information content (AvgIpc) is 3.21. The Kier molecular flexibility index (Phi) is 5.98. The lowest BCUT2D eigenvalue weighted by Gasteiger charge is -2.15. The molecule has 2 heterocycles. The Balaban J connectivity index is 1.91. The molecule has 0 saturated carbocycles. The number of nitrogens with one attached hydrogen (secondary N) is 1. The lowest BCUT2D eigenvalue weighted by atomic mass is 10.0. The number of allylic oxidation sites excluding steroid dienone is 2. The smallest absolute Gasteiger partial charge is 0.163 e. The van der Waals surface area contributed by atoms with E-state index in [4.69, 9.17) is 16.3 Å². The molecule has 166 valence electrons. The Labute approximate surface area is 189 Å². The first-order valence-electron chi connectivity index (χ1n) is 9.37. The number of anilines is 1. The minimum Gasteiger partial charge on any atom is -0.505 e. The lowest BCUT2D eigenvalue weighted by Crippen LogP contribution is -2.08. The maximum atomic E-state index is 14.6. The summed E-state index contributed by atoms with van der Waals surface area (Å²) in [5.41, 5.74) is 0.500. The van der Waals surface area contributed by atoms with E-state index < -0.39 is 28.4 Å². The van der Waals surface area contributed by atoms with E-state index in [1.54, 1.807) is 17.6 Å². The van der Waals surface area contributed by atoms with E-state index in [0.717, 1.165) is 0 Å². The highest BCUT2D eigenvalue weighted by atomic mass is 35.5. The summed E-state index contributed by atoms with van der Waals surface area (Å²) in [6.07, 6.45) is 3.06. The molecular weight excluding hydrogens is 462 g/mol. The van der Waals surface area contributed by atoms with Gasteiger partial charge in [0.1, 0.15) is 35.2 Å². The second-order valence-electron chi connectivity index (χ2n) is 6.81. The van der Waals surface area contributed by atoms with Gasteiger partial charge in [0.25, 0.3) is 0 Å². The highest BCUT2D eigenvalue weighted by molar-refractivity contribution is 7.86. The summed E-state index contributed by atoms with van der Waals surface area (Å²) in [6.45, 7) is 5.98. The standard InChI is InChI=1S/C21H17ClF2N4O3S/c1-3-13-11(2)31-5-4-28-10-25-26-21(28)12-6-15(22)20(29)19(7-12)32(30)27-18-8-14(13)16(23)9-17(18)24/h3,6-10,27,29H,2,4-5H2,1H3/b13-3+. The molecule has 4 rings (SSSR count). The van der Waals surface area contributed by atoms with Gasteiger partial charge in [0.2, 0.25) is 0 Å². The molecule has 7 nitrogen and oxygen atoms in total. The maximum Gasteiger partial charge on any atom is 0.163 e. The molecule has 1 aliphatic heterocycles. The molecule has 2 aromatic carbocycles. The molecule has 0 amide bonds. The predicted octanol–water partition coefficient (Wildman–Crippen LogP) is 4.66. The Morgan fingerprint density at radius 2 is 2.09 bits per heavy atom. The molecule has 4 bridgehead atoms. The summed E-state index contributed by atoms with van der Waals surface area (Å²) in [6, 6.07) is 4.70. The van der Waals surface area contributed by atoms with Crippen LogP contribution in [0.5, 0.6) is 5.75 Å². The molecular formula is C21H17ClF2N4O3S. The number of benzene rings is 2. The number of phenols is 1. The number of aromatic hydroxyl groups is 1. The predicted molar refractivity (Wildman–Crippen MR) is 117 cm³/mol. The van der Waals surface area contributed by atoms with Gasteiger partial charge in [-0.2, -0.15) is 0 Å². The average molecular weight is 479 g/mol. The van der Waals surface area contributed by atoms with Crippen molar-refractivity contribution >= 4 is 33.8 Å². The van der Waals surface area contributed by atoms with Gasteiger partial charge in [0.15, 0.2) is 22.6 Å². The van der Waals surface area contributed by atoms with Crippen LogP contribution in [0.3, 0.4) is 0 Å². The molecule has 0 aliphatic carbocycles. The summed E-state index contributed by atoms with van der Waals surface area (Å²) < 4.78 is 52.0. The van der Waals surface area contributed by atoms with E-state index in [0.29, 0.717) is 29.6 Å². The Hall–Kier alpha value is -3.24. The molecule has 1 atom stereocenters. The number of rotatable bonds is 0. The van der Waals surface area contributed by atoms with Crippen LogP contribution in [-0.2, 0) is 22.3 Å². The third kappa shape index (κ3) is 3.98. The molecule has 11 heteroatoms. The van der Waals surface area contributed by atoms with Gasteiger partial charge in [0, 0.05) is 22.8 Å². The van der Waals surface area contributed by atoms with E-state index >= 15 is 0 Å². The van der Waals surface area contributed by atoms with Crippen LogP contribution in [0, 0.1) is 11.6 Å². The van der Waals surface area contributed by atoms with Crippen molar-refractivity contribution in [2.45, 2.75) is 18.4 Å². The zero-order valence-electron chi connectivity index (χ0n) is 16.7. The molecule has 0 saturated heterocycles. The van der Waals surface area contributed by atoms with Crippen LogP contribution in [0.25, 0.3) is 17.0 Å². The fraction of sp³-hybridized carbons (Fsp3) is 0.143. The van der Waals surface area contributed by atoms with Gasteiger partial charge >= 0.3 is 0 Å². The molecule has 0 spiro atoms. The van der Waals surface area contributed by atoms with Crippen molar-refractivity contribution in [1.29, 1.82) is 0 Å². The van der Waals surface area contributed by atoms with Crippen molar-refractivity contribution in [1.82, 2.24) is 14.8 Å². The third-order valence-corrected chi connectivity index (χ3v) is 6.25. The monoisotopic (exact) mass is 478 g/mol. The first-order valence-corrected chi connectivity index (χ1v) is 10.9. The van der Waals surface area contributed by atoms with Crippen molar-refractivity contribution in [3.63, 3.8) is 0 Å². The first-order chi connectivity index (χ1) is 15.3. The molecule has 0 fully saturated rings. The van der Waals surface area contributed by atoms with Crippen LogP contribution < -0.4 is 4.72 Å². The van der Waals surface area contributed by atoms with E-state index in [9.17, 15) is 18.1 Å². The molecule has 1 aliphatic rings. The molecule has 3 aromatic rings. The zero-order chi connectivity index (χ0) is 23.0. The lowest BCUT2D eigenvalue weighted by molar-refractivity contribution is 0.216. The van der Waals surface area contributed by atoms with E-state index in [-0.39, 0.29) is 33.5 Å². The molecule has 32 heavy (non-hydrogen) atoms. The fourth-order valence-corrected chi connectivity index (χ4v) is 4.55. The largest absolute Gasteiger partial charge is 0.505 e. The Morgan fingerprint density at radius 1 is 1.31 bits per heavy atom. The number of hydrogen-bond acceptors (Lipinski definition) is 5. The summed E-state index contributed by atoms with van der Waals surface area (Å²) in [4.78, 5) is -0.103. The maximum absolute atomic E-state index is 14.6. The summed E-state index contributed by atoms with van der Waals surface area (Å²) in [7, 11) is -2.15. The second kappa shape index (κ2) is 8.71. The van der Waals surface area contributed by atoms with Gasteiger partial charge in [-0.1, -0.05) is 24.3 Å². The van der Waals surface area contributed by atoms with Gasteiger partial charge in [-0.15, -0.1) is 10.2 Å². The van der Waals surface area contributed by atoms with Crippen LogP contribution >= 0.6 is 11.6 Å². The number of hydrogen-bond donors (Lipinski definition) is 2. The molecule has 1 aromatic heterocycles. The minimum absolute atomic E-state index is 0.00858. The highest BCUT2D eigenvalue weighted by Crippen LogP contribution is 2.36.